The molecule has 0 atom stereocenters. The molecule has 1 heterocycles. The average Bonchev–Trinajstić information content (AvgIpc) is 2.76. The Bertz CT molecular complexity index is 1350. The molecule has 3 aromatic carbocycles. The number of amides is 1. The number of carbonyl (C=O) groups is 1. The standard InChI is InChI=1S/C23H17Cl2N3O2S/c1-14-6-2-5-9-20(14)28-22(30)16-7-3-4-8-18(16)27-23(28)31-13-21(29)26-19-12-15(24)10-11-17(19)25/h2-12H,13H2,1H3,(H,26,29). The van der Waals surface area contributed by atoms with E-state index in [4.69, 9.17) is 23.2 Å². The number of fused-ring (bicyclic) bond motifs is 1. The van der Waals surface area contributed by atoms with E-state index in [-0.39, 0.29) is 17.2 Å². The number of anilines is 1. The smallest absolute Gasteiger partial charge is 0.266 e. The van der Waals surface area contributed by atoms with Crippen LogP contribution in [0.3, 0.4) is 0 Å². The van der Waals surface area contributed by atoms with Gasteiger partial charge in [0.2, 0.25) is 5.91 Å². The molecule has 1 N–H and O–H groups in total. The van der Waals surface area contributed by atoms with E-state index in [0.29, 0.717) is 31.8 Å². The second kappa shape index (κ2) is 9.14. The van der Waals surface area contributed by atoms with Gasteiger partial charge in [0.25, 0.3) is 5.56 Å². The van der Waals surface area contributed by atoms with Gasteiger partial charge in [-0.3, -0.25) is 14.2 Å². The highest BCUT2D eigenvalue weighted by molar-refractivity contribution is 7.99. The molecule has 8 heteroatoms. The van der Waals surface area contributed by atoms with Crippen LogP contribution < -0.4 is 10.9 Å². The zero-order chi connectivity index (χ0) is 22.0. The van der Waals surface area contributed by atoms with E-state index in [1.54, 1.807) is 34.9 Å². The molecule has 156 valence electrons. The van der Waals surface area contributed by atoms with Gasteiger partial charge in [-0.25, -0.2) is 4.98 Å². The van der Waals surface area contributed by atoms with Crippen molar-refractivity contribution in [2.24, 2.45) is 0 Å². The van der Waals surface area contributed by atoms with Crippen molar-refractivity contribution in [3.63, 3.8) is 0 Å². The highest BCUT2D eigenvalue weighted by atomic mass is 35.5. The van der Waals surface area contributed by atoms with Crippen LogP contribution in [0.25, 0.3) is 16.6 Å². The summed E-state index contributed by atoms with van der Waals surface area (Å²) in [4.78, 5) is 30.5. The molecule has 1 aromatic heterocycles. The maximum Gasteiger partial charge on any atom is 0.266 e. The second-order valence-electron chi connectivity index (χ2n) is 6.80. The van der Waals surface area contributed by atoms with E-state index < -0.39 is 0 Å². The molecular weight excluding hydrogens is 453 g/mol. The number of thioether (sulfide) groups is 1. The van der Waals surface area contributed by atoms with Crippen molar-refractivity contribution >= 4 is 57.5 Å². The zero-order valence-corrected chi connectivity index (χ0v) is 18.8. The summed E-state index contributed by atoms with van der Waals surface area (Å²) in [6.45, 7) is 1.93. The first-order valence-corrected chi connectivity index (χ1v) is 11.1. The summed E-state index contributed by atoms with van der Waals surface area (Å²) in [7, 11) is 0. The van der Waals surface area contributed by atoms with Gasteiger partial charge in [-0.15, -0.1) is 0 Å². The predicted octanol–water partition coefficient (Wildman–Crippen LogP) is 5.73. The molecule has 0 unspecified atom stereocenters. The number of hydrogen-bond donors (Lipinski definition) is 1. The molecule has 0 radical (unpaired) electrons. The van der Waals surface area contributed by atoms with Crippen LogP contribution in [0.2, 0.25) is 10.0 Å². The summed E-state index contributed by atoms with van der Waals surface area (Å²) in [5.41, 5.74) is 2.49. The third-order valence-electron chi connectivity index (χ3n) is 4.64. The first-order valence-electron chi connectivity index (χ1n) is 9.39. The monoisotopic (exact) mass is 469 g/mol. The summed E-state index contributed by atoms with van der Waals surface area (Å²) in [5, 5.41) is 4.57. The molecule has 0 spiro atoms. The van der Waals surface area contributed by atoms with Crippen LogP contribution in [-0.4, -0.2) is 21.2 Å². The summed E-state index contributed by atoms with van der Waals surface area (Å²) < 4.78 is 1.56. The van der Waals surface area contributed by atoms with E-state index in [1.807, 2.05) is 43.3 Å². The Morgan fingerprint density at radius 1 is 1.06 bits per heavy atom. The number of nitrogens with one attached hydrogen (secondary N) is 1. The number of para-hydroxylation sites is 2. The average molecular weight is 470 g/mol. The fourth-order valence-electron chi connectivity index (χ4n) is 3.15. The number of aryl methyl sites for hydroxylation is 1. The topological polar surface area (TPSA) is 64.0 Å². The minimum absolute atomic E-state index is 0.0412. The molecule has 4 rings (SSSR count). The van der Waals surface area contributed by atoms with Crippen LogP contribution >= 0.6 is 35.0 Å². The lowest BCUT2D eigenvalue weighted by Crippen LogP contribution is -2.23. The minimum atomic E-state index is -0.284. The normalized spacial score (nSPS) is 10.9. The molecule has 4 aromatic rings. The Balaban J connectivity index is 1.69. The highest BCUT2D eigenvalue weighted by Gasteiger charge is 2.16. The molecule has 0 aliphatic heterocycles. The zero-order valence-electron chi connectivity index (χ0n) is 16.4. The van der Waals surface area contributed by atoms with Gasteiger partial charge in [-0.1, -0.05) is 65.3 Å². The Hall–Kier alpha value is -2.80. The quantitative estimate of drug-likeness (QED) is 0.299. The maximum absolute atomic E-state index is 13.3. The third-order valence-corrected chi connectivity index (χ3v) is 6.14. The van der Waals surface area contributed by atoms with Crippen LogP contribution in [0.15, 0.2) is 76.7 Å². The number of benzene rings is 3. The molecule has 0 aliphatic rings. The SMILES string of the molecule is Cc1ccccc1-n1c(SCC(=O)Nc2cc(Cl)ccc2Cl)nc2ccccc2c1=O. The van der Waals surface area contributed by atoms with Crippen LogP contribution in [0.4, 0.5) is 5.69 Å². The van der Waals surface area contributed by atoms with Gasteiger partial charge >= 0.3 is 0 Å². The predicted molar refractivity (Wildman–Crippen MR) is 128 cm³/mol. The summed E-state index contributed by atoms with van der Waals surface area (Å²) in [6.07, 6.45) is 0. The largest absolute Gasteiger partial charge is 0.324 e. The van der Waals surface area contributed by atoms with Gasteiger partial charge < -0.3 is 5.32 Å². The number of halogens is 2. The van der Waals surface area contributed by atoms with Gasteiger partial charge in [0.15, 0.2) is 5.16 Å². The van der Waals surface area contributed by atoms with Crippen molar-refractivity contribution in [1.29, 1.82) is 0 Å². The Morgan fingerprint density at radius 2 is 1.81 bits per heavy atom. The molecule has 0 fully saturated rings. The molecule has 31 heavy (non-hydrogen) atoms. The number of aromatic nitrogens is 2. The van der Waals surface area contributed by atoms with E-state index >= 15 is 0 Å². The lowest BCUT2D eigenvalue weighted by atomic mass is 10.2. The number of rotatable bonds is 5. The van der Waals surface area contributed by atoms with Gasteiger partial charge in [0, 0.05) is 5.02 Å². The summed E-state index contributed by atoms with van der Waals surface area (Å²) in [6, 6.07) is 19.6. The molecule has 0 aliphatic carbocycles. The molecular formula is C23H17Cl2N3O2S. The highest BCUT2D eigenvalue weighted by Crippen LogP contribution is 2.27. The first kappa shape index (κ1) is 21.4. The van der Waals surface area contributed by atoms with Gasteiger partial charge in [0.05, 0.1) is 33.1 Å². The first-order chi connectivity index (χ1) is 14.9. The molecule has 5 nitrogen and oxygen atoms in total. The van der Waals surface area contributed by atoms with Crippen molar-refractivity contribution in [3.05, 3.63) is 92.7 Å². The van der Waals surface area contributed by atoms with Crippen LogP contribution in [0.1, 0.15) is 5.56 Å². The lowest BCUT2D eigenvalue weighted by Gasteiger charge is -2.15. The van der Waals surface area contributed by atoms with Gasteiger partial charge in [-0.2, -0.15) is 0 Å². The van der Waals surface area contributed by atoms with E-state index in [1.165, 1.54) is 11.8 Å². The van der Waals surface area contributed by atoms with Crippen molar-refractivity contribution < 1.29 is 4.79 Å². The summed E-state index contributed by atoms with van der Waals surface area (Å²) >= 11 is 13.3. The fourth-order valence-corrected chi connectivity index (χ4v) is 4.29. The molecule has 0 saturated heterocycles. The van der Waals surface area contributed by atoms with Crippen LogP contribution in [-0.2, 0) is 4.79 Å². The maximum atomic E-state index is 13.3. The number of carbonyl (C=O) groups excluding carboxylic acids is 1. The molecule has 1 amide bonds. The third kappa shape index (κ3) is 4.61. The van der Waals surface area contributed by atoms with Gasteiger partial charge in [-0.05, 0) is 48.9 Å². The summed E-state index contributed by atoms with van der Waals surface area (Å²) in [5.74, 6) is -0.243. The number of nitrogens with zero attached hydrogens (tertiary/aromatic N) is 2. The van der Waals surface area contributed by atoms with Crippen LogP contribution in [0.5, 0.6) is 0 Å². The van der Waals surface area contributed by atoms with Gasteiger partial charge in [0.1, 0.15) is 0 Å². The second-order valence-corrected chi connectivity index (χ2v) is 8.59. The molecule has 0 saturated carbocycles. The van der Waals surface area contributed by atoms with Crippen molar-refractivity contribution in [2.45, 2.75) is 12.1 Å². The van der Waals surface area contributed by atoms with Crippen molar-refractivity contribution in [3.8, 4) is 5.69 Å². The minimum Gasteiger partial charge on any atom is -0.324 e. The lowest BCUT2D eigenvalue weighted by molar-refractivity contribution is -0.113. The fraction of sp³-hybridized carbons (Fsp3) is 0.0870. The Morgan fingerprint density at radius 3 is 2.61 bits per heavy atom. The van der Waals surface area contributed by atoms with Crippen molar-refractivity contribution in [2.75, 3.05) is 11.1 Å². The van der Waals surface area contributed by atoms with Crippen molar-refractivity contribution in [1.82, 2.24) is 9.55 Å². The van der Waals surface area contributed by atoms with E-state index in [9.17, 15) is 9.59 Å². The van der Waals surface area contributed by atoms with E-state index in [0.717, 1.165) is 11.3 Å². The Kier molecular flexibility index (Phi) is 6.32. The van der Waals surface area contributed by atoms with Crippen LogP contribution in [0, 0.1) is 6.92 Å². The number of hydrogen-bond acceptors (Lipinski definition) is 4. The Labute approximate surface area is 193 Å². The van der Waals surface area contributed by atoms with E-state index in [2.05, 4.69) is 10.3 Å². The molecule has 0 bridgehead atoms.